The van der Waals surface area contributed by atoms with E-state index in [1.54, 1.807) is 0 Å². The molecule has 19 heavy (non-hydrogen) atoms. The maximum absolute atomic E-state index is 5.79. The molecule has 0 bridgehead atoms. The number of anilines is 1. The van der Waals surface area contributed by atoms with Crippen molar-refractivity contribution in [1.29, 1.82) is 0 Å². The Morgan fingerprint density at radius 1 is 1.37 bits per heavy atom. The van der Waals surface area contributed by atoms with Crippen molar-refractivity contribution < 1.29 is 0 Å². The number of thioether (sulfide) groups is 1. The van der Waals surface area contributed by atoms with E-state index in [1.165, 1.54) is 0 Å². The quantitative estimate of drug-likeness (QED) is 0.827. The molecule has 1 saturated heterocycles. The van der Waals surface area contributed by atoms with Crippen LogP contribution in [0.1, 0.15) is 19.7 Å². The highest BCUT2D eigenvalue weighted by atomic mass is 32.2. The van der Waals surface area contributed by atoms with Crippen molar-refractivity contribution in [2.75, 3.05) is 18.8 Å². The van der Waals surface area contributed by atoms with Gasteiger partial charge in [0.15, 0.2) is 0 Å². The number of H-pyrrole nitrogens is 1. The van der Waals surface area contributed by atoms with Gasteiger partial charge in [0.2, 0.25) is 0 Å². The highest BCUT2D eigenvalue weighted by Gasteiger charge is 2.22. The van der Waals surface area contributed by atoms with Crippen LogP contribution in [0.4, 0.5) is 5.69 Å². The lowest BCUT2D eigenvalue weighted by molar-refractivity contribution is 0.257. The number of benzene rings is 1. The molecule has 4 nitrogen and oxygen atoms in total. The van der Waals surface area contributed by atoms with Crippen molar-refractivity contribution in [3.63, 3.8) is 0 Å². The zero-order valence-corrected chi connectivity index (χ0v) is 12.2. The third kappa shape index (κ3) is 2.87. The molecule has 2 heterocycles. The van der Waals surface area contributed by atoms with Gasteiger partial charge >= 0.3 is 0 Å². The van der Waals surface area contributed by atoms with Crippen LogP contribution in [0.5, 0.6) is 0 Å². The molecule has 1 fully saturated rings. The summed E-state index contributed by atoms with van der Waals surface area (Å²) in [6, 6.07) is 5.82. The Hall–Kier alpha value is -1.20. The van der Waals surface area contributed by atoms with Gasteiger partial charge in [-0.3, -0.25) is 4.90 Å². The van der Waals surface area contributed by atoms with E-state index >= 15 is 0 Å². The molecule has 0 spiro atoms. The molecular weight excluding hydrogens is 256 g/mol. The van der Waals surface area contributed by atoms with Gasteiger partial charge in [-0.1, -0.05) is 13.8 Å². The summed E-state index contributed by atoms with van der Waals surface area (Å²) in [4.78, 5) is 10.5. The number of aromatic nitrogens is 2. The predicted molar refractivity (Wildman–Crippen MR) is 82.3 cm³/mol. The first-order valence-electron chi connectivity index (χ1n) is 6.72. The zero-order chi connectivity index (χ0) is 13.4. The van der Waals surface area contributed by atoms with Gasteiger partial charge in [0.25, 0.3) is 0 Å². The third-order valence-corrected chi connectivity index (χ3v) is 4.65. The standard InChI is InChI=1S/C14H20N4S/c1-9-6-18(7-10(2)19-9)8-14-16-12-4-3-11(15)5-13(12)17-14/h3-5,9-10H,6-8,15H2,1-2H3,(H,16,17). The van der Waals surface area contributed by atoms with E-state index in [9.17, 15) is 0 Å². The number of imidazole rings is 1. The highest BCUT2D eigenvalue weighted by Crippen LogP contribution is 2.25. The van der Waals surface area contributed by atoms with Crippen molar-refractivity contribution in [3.05, 3.63) is 24.0 Å². The molecule has 2 atom stereocenters. The predicted octanol–water partition coefficient (Wildman–Crippen LogP) is 2.47. The Morgan fingerprint density at radius 3 is 2.84 bits per heavy atom. The highest BCUT2D eigenvalue weighted by molar-refractivity contribution is 8.00. The number of aromatic amines is 1. The van der Waals surface area contributed by atoms with E-state index in [0.717, 1.165) is 42.2 Å². The number of nitrogens with one attached hydrogen (secondary N) is 1. The first-order valence-corrected chi connectivity index (χ1v) is 7.66. The first kappa shape index (κ1) is 12.8. The maximum atomic E-state index is 5.79. The van der Waals surface area contributed by atoms with Gasteiger partial charge in [-0.05, 0) is 18.2 Å². The number of nitrogens with zero attached hydrogens (tertiary/aromatic N) is 2. The molecule has 2 unspecified atom stereocenters. The summed E-state index contributed by atoms with van der Waals surface area (Å²) in [5, 5.41) is 1.40. The number of rotatable bonds is 2. The van der Waals surface area contributed by atoms with Crippen LogP contribution in [0.25, 0.3) is 11.0 Å². The van der Waals surface area contributed by atoms with Crippen LogP contribution in [0.3, 0.4) is 0 Å². The Morgan fingerprint density at radius 2 is 2.11 bits per heavy atom. The molecule has 0 radical (unpaired) electrons. The van der Waals surface area contributed by atoms with Crippen LogP contribution in [0.2, 0.25) is 0 Å². The Balaban J connectivity index is 1.77. The zero-order valence-electron chi connectivity index (χ0n) is 11.4. The fourth-order valence-electron chi connectivity index (χ4n) is 2.78. The van der Waals surface area contributed by atoms with Gasteiger partial charge in [0.05, 0.1) is 17.6 Å². The molecule has 0 amide bonds. The molecule has 102 valence electrons. The van der Waals surface area contributed by atoms with Crippen LogP contribution < -0.4 is 5.73 Å². The number of nitrogens with two attached hydrogens (primary N) is 1. The van der Waals surface area contributed by atoms with Gasteiger partial charge in [0.1, 0.15) is 5.82 Å². The minimum absolute atomic E-state index is 0.698. The van der Waals surface area contributed by atoms with Gasteiger partial charge < -0.3 is 10.7 Å². The second kappa shape index (κ2) is 5.06. The van der Waals surface area contributed by atoms with Gasteiger partial charge in [-0.15, -0.1) is 0 Å². The summed E-state index contributed by atoms with van der Waals surface area (Å²) in [5.74, 6) is 1.03. The Kier molecular flexibility index (Phi) is 3.41. The summed E-state index contributed by atoms with van der Waals surface area (Å²) in [7, 11) is 0. The van der Waals surface area contributed by atoms with Crippen LogP contribution in [-0.4, -0.2) is 38.5 Å². The van der Waals surface area contributed by atoms with Crippen LogP contribution >= 0.6 is 11.8 Å². The molecule has 0 aliphatic carbocycles. The monoisotopic (exact) mass is 276 g/mol. The fraction of sp³-hybridized carbons (Fsp3) is 0.500. The minimum atomic E-state index is 0.698. The summed E-state index contributed by atoms with van der Waals surface area (Å²) >= 11 is 2.07. The van der Waals surface area contributed by atoms with Crippen LogP contribution in [0, 0.1) is 0 Å². The van der Waals surface area contributed by atoms with Crippen molar-refractivity contribution in [2.45, 2.75) is 30.9 Å². The molecule has 2 aromatic rings. The second-order valence-electron chi connectivity index (χ2n) is 5.41. The van der Waals surface area contributed by atoms with Crippen molar-refractivity contribution in [1.82, 2.24) is 14.9 Å². The lowest BCUT2D eigenvalue weighted by Crippen LogP contribution is -2.39. The number of hydrogen-bond acceptors (Lipinski definition) is 4. The number of nitrogen functional groups attached to an aromatic ring is 1. The molecule has 1 aliphatic heterocycles. The molecule has 1 aromatic carbocycles. The lowest BCUT2D eigenvalue weighted by Gasteiger charge is -2.33. The average molecular weight is 276 g/mol. The van der Waals surface area contributed by atoms with Crippen molar-refractivity contribution >= 4 is 28.5 Å². The fourth-order valence-corrected chi connectivity index (χ4v) is 4.17. The Bertz CT molecular complexity index is 570. The van der Waals surface area contributed by atoms with Gasteiger partial charge in [-0.25, -0.2) is 4.98 Å². The summed E-state index contributed by atoms with van der Waals surface area (Å²) in [6.45, 7) is 7.76. The second-order valence-corrected chi connectivity index (χ2v) is 7.29. The molecule has 3 rings (SSSR count). The number of fused-ring (bicyclic) bond motifs is 1. The normalized spacial score (nSPS) is 24.9. The van der Waals surface area contributed by atoms with E-state index in [4.69, 9.17) is 5.73 Å². The molecule has 5 heteroatoms. The molecule has 1 aliphatic rings. The molecule has 1 aromatic heterocycles. The first-order chi connectivity index (χ1) is 9.10. The SMILES string of the molecule is CC1CN(Cc2nc3ccc(N)cc3[nH]2)CC(C)S1. The van der Waals surface area contributed by atoms with Crippen molar-refractivity contribution in [3.8, 4) is 0 Å². The summed E-state index contributed by atoms with van der Waals surface area (Å²) in [6.07, 6.45) is 0. The van der Waals surface area contributed by atoms with Gasteiger partial charge in [-0.2, -0.15) is 11.8 Å². The van der Waals surface area contributed by atoms with E-state index < -0.39 is 0 Å². The van der Waals surface area contributed by atoms with E-state index in [-0.39, 0.29) is 0 Å². The smallest absolute Gasteiger partial charge is 0.121 e. The third-order valence-electron chi connectivity index (χ3n) is 3.42. The topological polar surface area (TPSA) is 57.9 Å². The van der Waals surface area contributed by atoms with E-state index in [2.05, 4.69) is 40.5 Å². The van der Waals surface area contributed by atoms with Crippen LogP contribution in [-0.2, 0) is 6.54 Å². The van der Waals surface area contributed by atoms with E-state index in [1.807, 2.05) is 18.2 Å². The van der Waals surface area contributed by atoms with E-state index in [0.29, 0.717) is 10.5 Å². The van der Waals surface area contributed by atoms with Crippen molar-refractivity contribution in [2.24, 2.45) is 0 Å². The number of hydrogen-bond donors (Lipinski definition) is 2. The summed E-state index contributed by atoms with van der Waals surface area (Å²) < 4.78 is 0. The largest absolute Gasteiger partial charge is 0.399 e. The average Bonchev–Trinajstić information content (AvgIpc) is 2.68. The lowest BCUT2D eigenvalue weighted by atomic mass is 10.3. The molecular formula is C14H20N4S. The molecule has 0 saturated carbocycles. The Labute approximate surface area is 117 Å². The molecule has 3 N–H and O–H groups in total. The summed E-state index contributed by atoms with van der Waals surface area (Å²) in [5.41, 5.74) is 8.60. The maximum Gasteiger partial charge on any atom is 0.121 e. The minimum Gasteiger partial charge on any atom is -0.399 e. The van der Waals surface area contributed by atoms with Crippen LogP contribution in [0.15, 0.2) is 18.2 Å². The van der Waals surface area contributed by atoms with Gasteiger partial charge in [0, 0.05) is 29.3 Å².